The lowest BCUT2D eigenvalue weighted by Crippen LogP contribution is -2.30. The van der Waals surface area contributed by atoms with Gasteiger partial charge in [-0.25, -0.2) is 0 Å². The summed E-state index contributed by atoms with van der Waals surface area (Å²) in [7, 11) is 0. The number of rotatable bonds is 5. The summed E-state index contributed by atoms with van der Waals surface area (Å²) in [6.45, 7) is 3.89. The summed E-state index contributed by atoms with van der Waals surface area (Å²) in [6, 6.07) is 5.45. The molecule has 2 N–H and O–H groups in total. The molecule has 1 aromatic rings. The molecule has 2 unspecified atom stereocenters. The fourth-order valence-electron chi connectivity index (χ4n) is 2.53. The molecule has 0 spiro atoms. The molecule has 1 aliphatic rings. The molecule has 0 bridgehead atoms. The van der Waals surface area contributed by atoms with E-state index in [9.17, 15) is 14.7 Å². The minimum atomic E-state index is -0.920. The highest BCUT2D eigenvalue weighted by atomic mass is 16.4. The Morgan fingerprint density at radius 2 is 2.15 bits per heavy atom. The van der Waals surface area contributed by atoms with Gasteiger partial charge < -0.3 is 15.1 Å². The molecule has 1 aliphatic heterocycles. The van der Waals surface area contributed by atoms with Crippen molar-refractivity contribution in [3.8, 4) is 0 Å². The van der Waals surface area contributed by atoms with Crippen LogP contribution in [0.2, 0.25) is 0 Å². The molecule has 5 heteroatoms. The summed E-state index contributed by atoms with van der Waals surface area (Å²) >= 11 is 0. The average molecular weight is 277 g/mol. The standard InChI is InChI=1S/C15H19NO4/c1-3-13(17)10-4-5-12-11(8-10)9(2)15(20)16(12)7-6-14(18)19/h4-5,8-9,13,17H,3,6-7H2,1-2H3,(H,18,19). The van der Waals surface area contributed by atoms with Gasteiger partial charge in [-0.3, -0.25) is 9.59 Å². The monoisotopic (exact) mass is 277 g/mol. The van der Waals surface area contributed by atoms with Crippen LogP contribution in [0.4, 0.5) is 5.69 Å². The summed E-state index contributed by atoms with van der Waals surface area (Å²) in [5, 5.41) is 18.6. The molecule has 1 heterocycles. The maximum Gasteiger partial charge on any atom is 0.305 e. The van der Waals surface area contributed by atoms with Crippen molar-refractivity contribution in [2.75, 3.05) is 11.4 Å². The van der Waals surface area contributed by atoms with Gasteiger partial charge in [0.05, 0.1) is 18.4 Å². The number of nitrogens with zero attached hydrogens (tertiary/aromatic N) is 1. The third-order valence-corrected chi connectivity index (χ3v) is 3.77. The smallest absolute Gasteiger partial charge is 0.305 e. The van der Waals surface area contributed by atoms with Crippen LogP contribution in [0.25, 0.3) is 0 Å². The van der Waals surface area contributed by atoms with Crippen LogP contribution < -0.4 is 4.90 Å². The minimum absolute atomic E-state index is 0.0722. The van der Waals surface area contributed by atoms with Gasteiger partial charge in [0.15, 0.2) is 0 Å². The van der Waals surface area contributed by atoms with E-state index in [2.05, 4.69) is 0 Å². The van der Waals surface area contributed by atoms with E-state index in [4.69, 9.17) is 5.11 Å². The van der Waals surface area contributed by atoms with E-state index in [0.717, 1.165) is 16.8 Å². The number of carbonyl (C=O) groups is 2. The van der Waals surface area contributed by atoms with E-state index < -0.39 is 12.1 Å². The van der Waals surface area contributed by atoms with Gasteiger partial charge in [0.2, 0.25) is 5.91 Å². The van der Waals surface area contributed by atoms with Gasteiger partial charge in [-0.05, 0) is 30.5 Å². The highest BCUT2D eigenvalue weighted by Crippen LogP contribution is 2.38. The molecule has 2 rings (SSSR count). The van der Waals surface area contributed by atoms with E-state index >= 15 is 0 Å². The van der Waals surface area contributed by atoms with Gasteiger partial charge >= 0.3 is 5.97 Å². The molecule has 0 radical (unpaired) electrons. The normalized spacial score (nSPS) is 19.1. The zero-order valence-electron chi connectivity index (χ0n) is 11.7. The number of aliphatic hydroxyl groups excluding tert-OH is 1. The molecule has 108 valence electrons. The molecule has 0 saturated carbocycles. The summed E-state index contributed by atoms with van der Waals surface area (Å²) in [5.41, 5.74) is 2.42. The van der Waals surface area contributed by atoms with Crippen molar-refractivity contribution in [1.82, 2.24) is 0 Å². The van der Waals surface area contributed by atoms with Crippen molar-refractivity contribution in [1.29, 1.82) is 0 Å². The molecule has 0 aliphatic carbocycles. The molecule has 1 amide bonds. The number of hydrogen-bond donors (Lipinski definition) is 2. The fraction of sp³-hybridized carbons (Fsp3) is 0.467. The first-order valence-corrected chi connectivity index (χ1v) is 6.80. The van der Waals surface area contributed by atoms with Crippen molar-refractivity contribution in [3.63, 3.8) is 0 Å². The number of fused-ring (bicyclic) bond motifs is 1. The number of hydrogen-bond acceptors (Lipinski definition) is 3. The van der Waals surface area contributed by atoms with Crippen LogP contribution in [0.3, 0.4) is 0 Å². The van der Waals surface area contributed by atoms with Crippen molar-refractivity contribution < 1.29 is 19.8 Å². The van der Waals surface area contributed by atoms with Crippen LogP contribution in [0.15, 0.2) is 18.2 Å². The first-order chi connectivity index (χ1) is 9.45. The topological polar surface area (TPSA) is 77.8 Å². The summed E-state index contributed by atoms with van der Waals surface area (Å²) in [5.74, 6) is -1.29. The van der Waals surface area contributed by atoms with E-state index in [1.165, 1.54) is 4.90 Å². The lowest BCUT2D eigenvalue weighted by molar-refractivity contribution is -0.136. The lowest BCUT2D eigenvalue weighted by atomic mass is 9.98. The number of anilines is 1. The largest absolute Gasteiger partial charge is 0.481 e. The first kappa shape index (κ1) is 14.5. The number of carboxylic acid groups (broad SMARTS) is 1. The van der Waals surface area contributed by atoms with Crippen LogP contribution >= 0.6 is 0 Å². The highest BCUT2D eigenvalue weighted by Gasteiger charge is 2.34. The average Bonchev–Trinajstić information content (AvgIpc) is 2.67. The SMILES string of the molecule is CCC(O)c1ccc2c(c1)C(C)C(=O)N2CCC(=O)O. The second-order valence-electron chi connectivity index (χ2n) is 5.10. The van der Waals surface area contributed by atoms with Crippen molar-refractivity contribution >= 4 is 17.6 Å². The summed E-state index contributed by atoms with van der Waals surface area (Å²) in [4.78, 5) is 24.4. The molecule has 1 aromatic carbocycles. The molecule has 2 atom stereocenters. The zero-order chi connectivity index (χ0) is 14.9. The fourth-order valence-corrected chi connectivity index (χ4v) is 2.53. The maximum absolute atomic E-state index is 12.2. The van der Waals surface area contributed by atoms with Crippen LogP contribution in [0, 0.1) is 0 Å². The number of aliphatic carboxylic acids is 1. The number of aliphatic hydroxyl groups is 1. The Labute approximate surface area is 117 Å². The first-order valence-electron chi connectivity index (χ1n) is 6.80. The zero-order valence-corrected chi connectivity index (χ0v) is 11.7. The molecule has 5 nitrogen and oxygen atoms in total. The lowest BCUT2D eigenvalue weighted by Gasteiger charge is -2.17. The van der Waals surface area contributed by atoms with Gasteiger partial charge in [0.25, 0.3) is 0 Å². The molecular formula is C15H19NO4. The van der Waals surface area contributed by atoms with Crippen molar-refractivity contribution in [2.45, 2.75) is 38.7 Å². The predicted octanol–water partition coefficient (Wildman–Crippen LogP) is 2.05. The maximum atomic E-state index is 12.2. The summed E-state index contributed by atoms with van der Waals surface area (Å²) < 4.78 is 0. The molecule has 20 heavy (non-hydrogen) atoms. The van der Waals surface area contributed by atoms with Crippen LogP contribution in [0.1, 0.15) is 49.8 Å². The van der Waals surface area contributed by atoms with E-state index in [0.29, 0.717) is 6.42 Å². The van der Waals surface area contributed by atoms with Gasteiger partial charge in [0, 0.05) is 12.2 Å². The third kappa shape index (κ3) is 2.54. The van der Waals surface area contributed by atoms with Gasteiger partial charge in [-0.1, -0.05) is 19.1 Å². The second kappa shape index (κ2) is 5.63. The minimum Gasteiger partial charge on any atom is -0.481 e. The number of benzene rings is 1. The van der Waals surface area contributed by atoms with Gasteiger partial charge in [-0.2, -0.15) is 0 Å². The van der Waals surface area contributed by atoms with Crippen LogP contribution in [-0.4, -0.2) is 28.6 Å². The molecule has 0 saturated heterocycles. The van der Waals surface area contributed by atoms with Gasteiger partial charge in [-0.15, -0.1) is 0 Å². The summed E-state index contributed by atoms with van der Waals surface area (Å²) in [6.07, 6.45) is 0.0110. The Morgan fingerprint density at radius 1 is 1.45 bits per heavy atom. The quantitative estimate of drug-likeness (QED) is 0.863. The van der Waals surface area contributed by atoms with Crippen LogP contribution in [0.5, 0.6) is 0 Å². The Hall–Kier alpha value is -1.88. The number of carboxylic acids is 1. The van der Waals surface area contributed by atoms with E-state index in [1.807, 2.05) is 19.9 Å². The highest BCUT2D eigenvalue weighted by molar-refractivity contribution is 6.05. The molecule has 0 aromatic heterocycles. The third-order valence-electron chi connectivity index (χ3n) is 3.77. The predicted molar refractivity (Wildman–Crippen MR) is 74.7 cm³/mol. The van der Waals surface area contributed by atoms with Gasteiger partial charge in [0.1, 0.15) is 0 Å². The molecule has 0 fully saturated rings. The second-order valence-corrected chi connectivity index (χ2v) is 5.10. The Balaban J connectivity index is 2.31. The van der Waals surface area contributed by atoms with E-state index in [1.54, 1.807) is 12.1 Å². The Bertz CT molecular complexity index is 541. The van der Waals surface area contributed by atoms with E-state index in [-0.39, 0.29) is 24.8 Å². The Kier molecular flexibility index (Phi) is 4.09. The van der Waals surface area contributed by atoms with Crippen LogP contribution in [-0.2, 0) is 9.59 Å². The number of carbonyl (C=O) groups excluding carboxylic acids is 1. The number of amides is 1. The molecular weight excluding hydrogens is 258 g/mol. The van der Waals surface area contributed by atoms with Crippen molar-refractivity contribution in [3.05, 3.63) is 29.3 Å². The van der Waals surface area contributed by atoms with Crippen molar-refractivity contribution in [2.24, 2.45) is 0 Å². The Morgan fingerprint density at radius 3 is 2.75 bits per heavy atom.